The van der Waals surface area contributed by atoms with Crippen LogP contribution < -0.4 is 4.90 Å². The topological polar surface area (TPSA) is 16.1 Å². The molecule has 0 N–H and O–H groups in total. The second-order valence-corrected chi connectivity index (χ2v) is 16.7. The van der Waals surface area contributed by atoms with E-state index in [1.54, 1.807) is 0 Å². The van der Waals surface area contributed by atoms with Gasteiger partial charge in [-0.3, -0.25) is 4.98 Å². The van der Waals surface area contributed by atoms with Gasteiger partial charge in [0.25, 0.3) is 0 Å². The number of fused-ring (bicyclic) bond motifs is 7. The van der Waals surface area contributed by atoms with Gasteiger partial charge in [0.1, 0.15) is 0 Å². The van der Waals surface area contributed by atoms with Crippen molar-refractivity contribution in [2.45, 2.75) is 0 Å². The SMILES string of the molecule is c1ccc2cc3cc(-c4ccc(N(c5ccc(-c6ccc7cc8ccccc8cc7c6)cc5)c5ccc(-c6cc7sc8ccccc8c7cn6)cc5)cc4)ccc3cc2c1. The Kier molecular flexibility index (Phi) is 8.07. The van der Waals surface area contributed by atoms with Crippen LogP contribution in [0, 0.1) is 0 Å². The van der Waals surface area contributed by atoms with E-state index in [2.05, 4.69) is 217 Å². The van der Waals surface area contributed by atoms with Crippen LogP contribution in [0.25, 0.3) is 96.8 Å². The van der Waals surface area contributed by atoms with Gasteiger partial charge in [-0.25, -0.2) is 0 Å². The summed E-state index contributed by atoms with van der Waals surface area (Å²) in [5.74, 6) is 0. The first-order chi connectivity index (χ1) is 29.7. The lowest BCUT2D eigenvalue weighted by molar-refractivity contribution is 1.28. The minimum Gasteiger partial charge on any atom is -0.311 e. The smallest absolute Gasteiger partial charge is 0.0716 e. The maximum Gasteiger partial charge on any atom is 0.0716 e. The molecule has 0 saturated carbocycles. The Bertz CT molecular complexity index is 3420. The van der Waals surface area contributed by atoms with Crippen LogP contribution in [0.1, 0.15) is 0 Å². The summed E-state index contributed by atoms with van der Waals surface area (Å²) in [6.45, 7) is 0. The monoisotopic (exact) mass is 780 g/mol. The summed E-state index contributed by atoms with van der Waals surface area (Å²) in [6.07, 6.45) is 2.03. The summed E-state index contributed by atoms with van der Waals surface area (Å²) >= 11 is 1.83. The molecule has 0 unspecified atom stereocenters. The van der Waals surface area contributed by atoms with E-state index in [-0.39, 0.29) is 0 Å². The Morgan fingerprint density at radius 2 is 0.717 bits per heavy atom. The third kappa shape index (κ3) is 6.07. The number of hydrogen-bond donors (Lipinski definition) is 0. The van der Waals surface area contributed by atoms with Crippen LogP contribution in [0.15, 0.2) is 219 Å². The van der Waals surface area contributed by atoms with Crippen molar-refractivity contribution in [3.63, 3.8) is 0 Å². The summed E-state index contributed by atoms with van der Waals surface area (Å²) in [4.78, 5) is 7.27. The molecule has 0 spiro atoms. The first-order valence-electron chi connectivity index (χ1n) is 20.4. The lowest BCUT2D eigenvalue weighted by Crippen LogP contribution is -2.09. The number of thiophene rings is 1. The lowest BCUT2D eigenvalue weighted by atomic mass is 9.98. The Hall–Kier alpha value is -7.59. The van der Waals surface area contributed by atoms with Gasteiger partial charge < -0.3 is 4.90 Å². The predicted octanol–water partition coefficient (Wildman–Crippen LogP) is 16.5. The Balaban J connectivity index is 0.908. The maximum absolute atomic E-state index is 4.93. The van der Waals surface area contributed by atoms with Crippen molar-refractivity contribution in [2.75, 3.05) is 4.90 Å². The molecule has 0 radical (unpaired) electrons. The van der Waals surface area contributed by atoms with E-state index in [0.717, 1.165) is 28.3 Å². The van der Waals surface area contributed by atoms with E-state index in [0.29, 0.717) is 0 Å². The van der Waals surface area contributed by atoms with Gasteiger partial charge in [-0.2, -0.15) is 0 Å². The zero-order valence-corrected chi connectivity index (χ0v) is 33.4. The van der Waals surface area contributed by atoms with Gasteiger partial charge in [-0.05, 0) is 150 Å². The van der Waals surface area contributed by atoms with Crippen molar-refractivity contribution >= 4 is 91.7 Å². The van der Waals surface area contributed by atoms with E-state index in [1.807, 2.05) is 17.5 Å². The first kappa shape index (κ1) is 34.5. The third-order valence-corrected chi connectivity index (χ3v) is 13.1. The first-order valence-corrected chi connectivity index (χ1v) is 21.2. The highest BCUT2D eigenvalue weighted by atomic mass is 32.1. The molecule has 2 nitrogen and oxygen atoms in total. The number of nitrogens with zero attached hydrogens (tertiary/aromatic N) is 2. The minimum atomic E-state index is 0.979. The normalized spacial score (nSPS) is 11.7. The van der Waals surface area contributed by atoms with Crippen LogP contribution in [0.4, 0.5) is 17.1 Å². The molecule has 0 bridgehead atoms. The number of hydrogen-bond acceptors (Lipinski definition) is 3. The molecule has 12 aromatic rings. The fraction of sp³-hybridized carbons (Fsp3) is 0. The van der Waals surface area contributed by atoms with Crippen molar-refractivity contribution in [1.82, 2.24) is 4.98 Å². The lowest BCUT2D eigenvalue weighted by Gasteiger charge is -2.26. The van der Waals surface area contributed by atoms with E-state index in [9.17, 15) is 0 Å². The molecule has 2 heterocycles. The van der Waals surface area contributed by atoms with Crippen molar-refractivity contribution in [3.05, 3.63) is 219 Å². The summed E-state index contributed by atoms with van der Waals surface area (Å²) in [5.41, 5.74) is 10.1. The molecule has 3 heteroatoms. The van der Waals surface area contributed by atoms with E-state index < -0.39 is 0 Å². The molecular formula is C57H36N2S. The third-order valence-electron chi connectivity index (χ3n) is 12.0. The van der Waals surface area contributed by atoms with Gasteiger partial charge in [-0.1, -0.05) is 127 Å². The van der Waals surface area contributed by atoms with Gasteiger partial charge in [-0.15, -0.1) is 11.3 Å². The molecular weight excluding hydrogens is 745 g/mol. The molecule has 0 aliphatic rings. The van der Waals surface area contributed by atoms with Crippen LogP contribution in [0.2, 0.25) is 0 Å². The number of pyridine rings is 1. The zero-order valence-electron chi connectivity index (χ0n) is 32.6. The van der Waals surface area contributed by atoms with Gasteiger partial charge in [0.15, 0.2) is 0 Å². The molecule has 10 aromatic carbocycles. The van der Waals surface area contributed by atoms with Gasteiger partial charge >= 0.3 is 0 Å². The number of anilines is 3. The minimum absolute atomic E-state index is 0.979. The van der Waals surface area contributed by atoms with Gasteiger partial charge in [0.2, 0.25) is 0 Å². The summed E-state index contributed by atoms with van der Waals surface area (Å²) in [6, 6.07) is 77.5. The number of aromatic nitrogens is 1. The molecule has 0 amide bonds. The Labute approximate surface area is 351 Å². The highest BCUT2D eigenvalue weighted by molar-refractivity contribution is 7.25. The molecule has 2 aromatic heterocycles. The molecule has 60 heavy (non-hydrogen) atoms. The van der Waals surface area contributed by atoms with Crippen LogP contribution in [0.3, 0.4) is 0 Å². The second-order valence-electron chi connectivity index (χ2n) is 15.7. The average molecular weight is 781 g/mol. The quantitative estimate of drug-likeness (QED) is 0.156. The Morgan fingerprint density at radius 3 is 1.23 bits per heavy atom. The highest BCUT2D eigenvalue weighted by Crippen LogP contribution is 2.40. The Morgan fingerprint density at radius 1 is 0.300 bits per heavy atom. The van der Waals surface area contributed by atoms with Crippen LogP contribution in [-0.4, -0.2) is 4.98 Å². The molecule has 0 aliphatic carbocycles. The molecule has 0 atom stereocenters. The molecule has 0 aliphatic heterocycles. The van der Waals surface area contributed by atoms with Crippen LogP contribution >= 0.6 is 11.3 Å². The number of rotatable bonds is 6. The van der Waals surface area contributed by atoms with Gasteiger partial charge in [0.05, 0.1) is 5.69 Å². The number of benzene rings is 10. The predicted molar refractivity (Wildman–Crippen MR) is 258 cm³/mol. The second kappa shape index (κ2) is 14.1. The van der Waals surface area contributed by atoms with E-state index in [1.165, 1.54) is 85.5 Å². The highest BCUT2D eigenvalue weighted by Gasteiger charge is 2.15. The molecule has 12 rings (SSSR count). The average Bonchev–Trinajstić information content (AvgIpc) is 3.69. The largest absolute Gasteiger partial charge is 0.311 e. The standard InChI is InChI=1S/C57H36N2S/c1-3-9-42-31-48-33-44(13-15-46(48)29-40(42)7-1)37-17-23-50(24-18-37)59(52-27-21-39(22-28-52)55-35-57-54(36-58-55)53-11-5-6-12-56(53)60-57)51-25-19-38(20-26-51)45-14-16-47-30-41-8-2-4-10-43(41)32-49(47)34-45/h1-36H. The zero-order chi connectivity index (χ0) is 39.6. The van der Waals surface area contributed by atoms with Crippen molar-refractivity contribution in [2.24, 2.45) is 0 Å². The van der Waals surface area contributed by atoms with Crippen molar-refractivity contribution < 1.29 is 0 Å². The summed E-state index contributed by atoms with van der Waals surface area (Å²) in [5, 5.41) is 12.5. The van der Waals surface area contributed by atoms with Crippen LogP contribution in [-0.2, 0) is 0 Å². The molecule has 0 saturated heterocycles. The van der Waals surface area contributed by atoms with Crippen molar-refractivity contribution in [3.8, 4) is 33.5 Å². The van der Waals surface area contributed by atoms with E-state index in [4.69, 9.17) is 4.98 Å². The molecule has 0 fully saturated rings. The maximum atomic E-state index is 4.93. The van der Waals surface area contributed by atoms with Crippen LogP contribution in [0.5, 0.6) is 0 Å². The summed E-state index contributed by atoms with van der Waals surface area (Å²) < 4.78 is 2.55. The van der Waals surface area contributed by atoms with E-state index >= 15 is 0 Å². The fourth-order valence-electron chi connectivity index (χ4n) is 8.85. The summed E-state index contributed by atoms with van der Waals surface area (Å²) in [7, 11) is 0. The van der Waals surface area contributed by atoms with Crippen molar-refractivity contribution in [1.29, 1.82) is 0 Å². The van der Waals surface area contributed by atoms with Gasteiger partial charge in [0, 0.05) is 49.0 Å². The fourth-order valence-corrected chi connectivity index (χ4v) is 9.97. The molecule has 280 valence electrons.